The number of methoxy groups -OCH3 is 1. The van der Waals surface area contributed by atoms with Crippen LogP contribution in [0.5, 0.6) is 5.75 Å². The first kappa shape index (κ1) is 18.4. The first-order valence-corrected chi connectivity index (χ1v) is 9.90. The van der Waals surface area contributed by atoms with Gasteiger partial charge in [-0.3, -0.25) is 0 Å². The maximum atomic E-state index is 13.1. The Hall–Kier alpha value is -2.99. The number of aryl methyl sites for hydroxylation is 1. The number of fused-ring (bicyclic) bond motifs is 1. The van der Waals surface area contributed by atoms with Crippen molar-refractivity contribution in [3.05, 3.63) is 71.1 Å². The Morgan fingerprint density at radius 3 is 2.50 bits per heavy atom. The van der Waals surface area contributed by atoms with E-state index in [1.807, 2.05) is 43.3 Å². The molecule has 0 unspecified atom stereocenters. The molecular formula is C22H20FN3OS. The molecule has 0 amide bonds. The third kappa shape index (κ3) is 3.82. The lowest BCUT2D eigenvalue weighted by molar-refractivity contribution is 0.415. The molecule has 2 heterocycles. The molecule has 0 aliphatic heterocycles. The minimum absolute atomic E-state index is 0.216. The van der Waals surface area contributed by atoms with Crippen molar-refractivity contribution in [3.8, 4) is 16.9 Å². The fourth-order valence-corrected chi connectivity index (χ4v) is 4.13. The summed E-state index contributed by atoms with van der Waals surface area (Å²) in [7, 11) is 1.66. The van der Waals surface area contributed by atoms with Crippen molar-refractivity contribution in [2.24, 2.45) is 0 Å². The van der Waals surface area contributed by atoms with E-state index >= 15 is 0 Å². The SMILES string of the molecule is COc1ccc(-c2csc3nc(C)nc(NCCc4ccc(F)cc4)c23)cc1. The smallest absolute Gasteiger partial charge is 0.139 e. The molecule has 4 nitrogen and oxygen atoms in total. The van der Waals surface area contributed by atoms with Gasteiger partial charge in [-0.2, -0.15) is 0 Å². The number of hydrogen-bond donors (Lipinski definition) is 1. The highest BCUT2D eigenvalue weighted by atomic mass is 32.1. The maximum Gasteiger partial charge on any atom is 0.139 e. The second kappa shape index (κ2) is 7.94. The van der Waals surface area contributed by atoms with E-state index in [1.54, 1.807) is 18.4 Å². The van der Waals surface area contributed by atoms with Gasteiger partial charge in [-0.25, -0.2) is 14.4 Å². The summed E-state index contributed by atoms with van der Waals surface area (Å²) in [5.74, 6) is 2.18. The minimum Gasteiger partial charge on any atom is -0.497 e. The number of thiophene rings is 1. The summed E-state index contributed by atoms with van der Waals surface area (Å²) in [6.45, 7) is 2.60. The van der Waals surface area contributed by atoms with E-state index in [4.69, 9.17) is 4.74 Å². The molecule has 2 aromatic heterocycles. The summed E-state index contributed by atoms with van der Waals surface area (Å²) in [6.07, 6.45) is 0.785. The van der Waals surface area contributed by atoms with Crippen molar-refractivity contribution in [1.82, 2.24) is 9.97 Å². The average Bonchev–Trinajstić information content (AvgIpc) is 3.13. The highest BCUT2D eigenvalue weighted by Gasteiger charge is 2.14. The first-order chi connectivity index (χ1) is 13.6. The van der Waals surface area contributed by atoms with Gasteiger partial charge in [0.2, 0.25) is 0 Å². The van der Waals surface area contributed by atoms with E-state index in [9.17, 15) is 4.39 Å². The molecule has 0 saturated heterocycles. The fraction of sp³-hybridized carbons (Fsp3) is 0.182. The molecule has 0 aliphatic carbocycles. The second-order valence-corrected chi connectivity index (χ2v) is 7.34. The topological polar surface area (TPSA) is 47.0 Å². The molecule has 4 aromatic rings. The Bertz CT molecular complexity index is 1090. The molecule has 0 aliphatic rings. The Labute approximate surface area is 167 Å². The van der Waals surface area contributed by atoms with Crippen LogP contribution in [0.4, 0.5) is 10.2 Å². The number of rotatable bonds is 6. The lowest BCUT2D eigenvalue weighted by Gasteiger charge is -2.10. The highest BCUT2D eigenvalue weighted by molar-refractivity contribution is 7.17. The van der Waals surface area contributed by atoms with Crippen LogP contribution >= 0.6 is 11.3 Å². The summed E-state index contributed by atoms with van der Waals surface area (Å²) >= 11 is 1.61. The van der Waals surface area contributed by atoms with Crippen LogP contribution < -0.4 is 10.1 Å². The monoisotopic (exact) mass is 393 g/mol. The fourth-order valence-electron chi connectivity index (χ4n) is 3.14. The van der Waals surface area contributed by atoms with Crippen molar-refractivity contribution < 1.29 is 9.13 Å². The van der Waals surface area contributed by atoms with Gasteiger partial charge in [0, 0.05) is 17.5 Å². The Morgan fingerprint density at radius 2 is 1.79 bits per heavy atom. The number of benzene rings is 2. The van der Waals surface area contributed by atoms with Crippen molar-refractivity contribution >= 4 is 27.4 Å². The molecule has 0 saturated carbocycles. The predicted octanol–water partition coefficient (Wildman–Crippen LogP) is 5.47. The Balaban J connectivity index is 1.63. The van der Waals surface area contributed by atoms with Gasteiger partial charge in [-0.1, -0.05) is 24.3 Å². The van der Waals surface area contributed by atoms with Gasteiger partial charge in [0.05, 0.1) is 12.5 Å². The zero-order chi connectivity index (χ0) is 19.5. The number of aromatic nitrogens is 2. The van der Waals surface area contributed by atoms with E-state index in [-0.39, 0.29) is 5.82 Å². The zero-order valence-corrected chi connectivity index (χ0v) is 16.5. The maximum absolute atomic E-state index is 13.1. The molecule has 0 fully saturated rings. The van der Waals surface area contributed by atoms with E-state index in [0.717, 1.165) is 50.7 Å². The van der Waals surface area contributed by atoms with Gasteiger partial charge in [-0.05, 0) is 48.7 Å². The third-order valence-corrected chi connectivity index (χ3v) is 5.44. The van der Waals surface area contributed by atoms with Crippen LogP contribution in [0.3, 0.4) is 0 Å². The summed E-state index contributed by atoms with van der Waals surface area (Å²) in [5.41, 5.74) is 3.28. The summed E-state index contributed by atoms with van der Waals surface area (Å²) in [6, 6.07) is 14.6. The van der Waals surface area contributed by atoms with Crippen molar-refractivity contribution in [3.63, 3.8) is 0 Å². The lowest BCUT2D eigenvalue weighted by Crippen LogP contribution is -2.08. The van der Waals surface area contributed by atoms with Gasteiger partial charge in [0.25, 0.3) is 0 Å². The van der Waals surface area contributed by atoms with Crippen LogP contribution in [0.2, 0.25) is 0 Å². The van der Waals surface area contributed by atoms with Crippen LogP contribution in [-0.4, -0.2) is 23.6 Å². The number of anilines is 1. The molecule has 4 rings (SSSR count). The summed E-state index contributed by atoms with van der Waals surface area (Å²) in [5, 5.41) is 6.59. The molecule has 0 spiro atoms. The van der Waals surface area contributed by atoms with E-state index in [0.29, 0.717) is 6.54 Å². The summed E-state index contributed by atoms with van der Waals surface area (Å²) in [4.78, 5) is 10.2. The molecule has 0 bridgehead atoms. The van der Waals surface area contributed by atoms with Crippen LogP contribution in [-0.2, 0) is 6.42 Å². The molecular weight excluding hydrogens is 373 g/mol. The molecule has 28 heavy (non-hydrogen) atoms. The van der Waals surface area contributed by atoms with Crippen molar-refractivity contribution in [2.75, 3.05) is 19.0 Å². The van der Waals surface area contributed by atoms with E-state index in [1.165, 1.54) is 12.1 Å². The second-order valence-electron chi connectivity index (χ2n) is 6.48. The number of nitrogens with zero attached hydrogens (tertiary/aromatic N) is 2. The Morgan fingerprint density at radius 1 is 1.04 bits per heavy atom. The van der Waals surface area contributed by atoms with E-state index in [2.05, 4.69) is 20.7 Å². The normalized spacial score (nSPS) is 11.0. The Kier molecular flexibility index (Phi) is 5.21. The molecule has 1 N–H and O–H groups in total. The highest BCUT2D eigenvalue weighted by Crippen LogP contribution is 2.37. The predicted molar refractivity (Wildman–Crippen MR) is 113 cm³/mol. The van der Waals surface area contributed by atoms with Crippen LogP contribution in [0.1, 0.15) is 11.4 Å². The van der Waals surface area contributed by atoms with Crippen molar-refractivity contribution in [2.45, 2.75) is 13.3 Å². The third-order valence-electron chi connectivity index (χ3n) is 4.57. The van der Waals surface area contributed by atoms with Gasteiger partial charge >= 0.3 is 0 Å². The molecule has 0 atom stereocenters. The van der Waals surface area contributed by atoms with Gasteiger partial charge in [-0.15, -0.1) is 11.3 Å². The summed E-state index contributed by atoms with van der Waals surface area (Å²) < 4.78 is 18.3. The van der Waals surface area contributed by atoms with Gasteiger partial charge < -0.3 is 10.1 Å². The van der Waals surface area contributed by atoms with E-state index < -0.39 is 0 Å². The van der Waals surface area contributed by atoms with Crippen LogP contribution in [0.25, 0.3) is 21.3 Å². The largest absolute Gasteiger partial charge is 0.497 e. The number of hydrogen-bond acceptors (Lipinski definition) is 5. The van der Waals surface area contributed by atoms with Crippen LogP contribution in [0, 0.1) is 12.7 Å². The molecule has 2 aromatic carbocycles. The first-order valence-electron chi connectivity index (χ1n) is 9.02. The molecule has 142 valence electrons. The number of ether oxygens (including phenoxy) is 1. The zero-order valence-electron chi connectivity index (χ0n) is 15.7. The van der Waals surface area contributed by atoms with Gasteiger partial charge in [0.1, 0.15) is 28.0 Å². The lowest BCUT2D eigenvalue weighted by atomic mass is 10.1. The van der Waals surface area contributed by atoms with Gasteiger partial charge in [0.15, 0.2) is 0 Å². The average molecular weight is 393 g/mol. The number of halogens is 1. The van der Waals surface area contributed by atoms with Crippen molar-refractivity contribution in [1.29, 1.82) is 0 Å². The number of nitrogens with one attached hydrogen (secondary N) is 1. The molecule has 6 heteroatoms. The van der Waals surface area contributed by atoms with Crippen LogP contribution in [0.15, 0.2) is 53.9 Å². The quantitative estimate of drug-likeness (QED) is 0.472. The minimum atomic E-state index is -0.216. The standard InChI is InChI=1S/C22H20FN3OS/c1-14-25-21(24-12-11-15-3-7-17(23)8-4-15)20-19(13-28-22(20)26-14)16-5-9-18(27-2)10-6-16/h3-10,13H,11-12H2,1-2H3,(H,24,25,26). The molecule has 0 radical (unpaired) electrons.